The zero-order valence-electron chi connectivity index (χ0n) is 15.0. The first-order valence-electron chi connectivity index (χ1n) is 7.84. The topological polar surface area (TPSA) is 95.8 Å². The van der Waals surface area contributed by atoms with E-state index in [-0.39, 0.29) is 22.8 Å². The van der Waals surface area contributed by atoms with Gasteiger partial charge >= 0.3 is 0 Å². The van der Waals surface area contributed by atoms with Gasteiger partial charge in [0.25, 0.3) is 0 Å². The molecule has 0 aliphatic rings. The molecule has 26 heavy (non-hydrogen) atoms. The molecular formula is C19H20N2O5. The molecule has 2 aromatic carbocycles. The molecule has 0 saturated heterocycles. The molecule has 0 aliphatic heterocycles. The number of aromatic amines is 1. The number of fused-ring (bicyclic) bond motifs is 1. The fourth-order valence-corrected chi connectivity index (χ4v) is 2.93. The summed E-state index contributed by atoms with van der Waals surface area (Å²) in [6.07, 6.45) is 1.65. The number of carbonyl (C=O) groups excluding carboxylic acids is 1. The molecule has 1 aromatic heterocycles. The van der Waals surface area contributed by atoms with Crippen LogP contribution in [0.5, 0.6) is 23.0 Å². The highest BCUT2D eigenvalue weighted by molar-refractivity contribution is 6.19. The van der Waals surface area contributed by atoms with Gasteiger partial charge in [0.05, 0.1) is 39.7 Å². The molecule has 0 saturated carbocycles. The van der Waals surface area contributed by atoms with Crippen molar-refractivity contribution in [3.63, 3.8) is 0 Å². The van der Waals surface area contributed by atoms with Crippen molar-refractivity contribution in [2.45, 2.75) is 0 Å². The summed E-state index contributed by atoms with van der Waals surface area (Å²) in [5, 5.41) is 0.768. The van der Waals surface area contributed by atoms with E-state index in [1.54, 1.807) is 25.4 Å². The number of nitrogens with two attached hydrogens (primary N) is 1. The lowest BCUT2D eigenvalue weighted by Gasteiger charge is -2.16. The van der Waals surface area contributed by atoms with Gasteiger partial charge in [-0.25, -0.2) is 0 Å². The summed E-state index contributed by atoms with van der Waals surface area (Å²) in [4.78, 5) is 16.2. The number of hydrogen-bond donors (Lipinski definition) is 2. The number of rotatable bonds is 6. The number of nitrogens with one attached hydrogen (secondary N) is 1. The second-order valence-electron chi connectivity index (χ2n) is 5.55. The normalized spacial score (nSPS) is 10.6. The molecule has 0 radical (unpaired) electrons. The molecule has 0 amide bonds. The minimum absolute atomic E-state index is 0.193. The minimum Gasteiger partial charge on any atom is -0.497 e. The highest BCUT2D eigenvalue weighted by Gasteiger charge is 2.24. The van der Waals surface area contributed by atoms with Crippen LogP contribution in [0.2, 0.25) is 0 Å². The number of hydrogen-bond acceptors (Lipinski definition) is 6. The van der Waals surface area contributed by atoms with E-state index in [0.29, 0.717) is 22.8 Å². The van der Waals surface area contributed by atoms with E-state index in [1.165, 1.54) is 21.3 Å². The maximum Gasteiger partial charge on any atom is 0.205 e. The van der Waals surface area contributed by atoms with Crippen LogP contribution in [0.3, 0.4) is 0 Å². The van der Waals surface area contributed by atoms with Gasteiger partial charge in [-0.05, 0) is 18.2 Å². The maximum absolute atomic E-state index is 13.1. The van der Waals surface area contributed by atoms with Crippen LogP contribution in [-0.2, 0) is 0 Å². The first-order valence-corrected chi connectivity index (χ1v) is 7.84. The molecular weight excluding hydrogens is 336 g/mol. The molecule has 0 atom stereocenters. The number of benzene rings is 2. The third-order valence-corrected chi connectivity index (χ3v) is 4.25. The van der Waals surface area contributed by atoms with E-state index in [1.807, 2.05) is 12.1 Å². The fourth-order valence-electron chi connectivity index (χ4n) is 2.93. The Morgan fingerprint density at radius 1 is 0.923 bits per heavy atom. The summed E-state index contributed by atoms with van der Waals surface area (Å²) in [7, 11) is 6.01. The van der Waals surface area contributed by atoms with Crippen LogP contribution in [-0.4, -0.2) is 39.2 Å². The molecule has 136 valence electrons. The van der Waals surface area contributed by atoms with Crippen molar-refractivity contribution >= 4 is 22.4 Å². The van der Waals surface area contributed by atoms with Crippen molar-refractivity contribution in [2.75, 3.05) is 34.2 Å². The fraction of sp³-hybridized carbons (Fsp3) is 0.211. The molecule has 3 rings (SSSR count). The minimum atomic E-state index is -0.252. The van der Waals surface area contributed by atoms with E-state index >= 15 is 0 Å². The highest BCUT2D eigenvalue weighted by Crippen LogP contribution is 2.44. The Labute approximate surface area is 150 Å². The molecule has 0 spiro atoms. The van der Waals surface area contributed by atoms with Crippen molar-refractivity contribution < 1.29 is 23.7 Å². The summed E-state index contributed by atoms with van der Waals surface area (Å²) in [5.74, 6) is 1.41. The van der Waals surface area contributed by atoms with Gasteiger partial charge in [0.1, 0.15) is 5.75 Å². The molecule has 3 aromatic rings. The Morgan fingerprint density at radius 2 is 1.65 bits per heavy atom. The van der Waals surface area contributed by atoms with Crippen LogP contribution in [0.15, 0.2) is 30.5 Å². The lowest BCUT2D eigenvalue weighted by Crippen LogP contribution is -2.08. The van der Waals surface area contributed by atoms with E-state index in [4.69, 9.17) is 24.7 Å². The van der Waals surface area contributed by atoms with Gasteiger partial charge in [-0.1, -0.05) is 0 Å². The number of anilines is 1. The summed E-state index contributed by atoms with van der Waals surface area (Å²) in [6.45, 7) is 0. The van der Waals surface area contributed by atoms with Crippen LogP contribution < -0.4 is 24.7 Å². The molecule has 1 heterocycles. The lowest BCUT2D eigenvalue weighted by atomic mass is 9.99. The highest BCUT2D eigenvalue weighted by atomic mass is 16.5. The number of ether oxygens (including phenoxy) is 4. The Kier molecular flexibility index (Phi) is 4.62. The Bertz CT molecular complexity index is 978. The number of methoxy groups -OCH3 is 4. The summed E-state index contributed by atoms with van der Waals surface area (Å²) in [6, 6.07) is 7.00. The average Bonchev–Trinajstić information content (AvgIpc) is 3.09. The third kappa shape index (κ3) is 2.67. The maximum atomic E-state index is 13.1. The molecule has 3 N–H and O–H groups in total. The van der Waals surface area contributed by atoms with Crippen molar-refractivity contribution in [3.8, 4) is 23.0 Å². The quantitative estimate of drug-likeness (QED) is 0.521. The van der Waals surface area contributed by atoms with Gasteiger partial charge in [-0.15, -0.1) is 0 Å². The van der Waals surface area contributed by atoms with Crippen molar-refractivity contribution in [1.82, 2.24) is 4.98 Å². The summed E-state index contributed by atoms with van der Waals surface area (Å²) < 4.78 is 21.2. The Morgan fingerprint density at radius 3 is 2.27 bits per heavy atom. The summed E-state index contributed by atoms with van der Waals surface area (Å²) >= 11 is 0. The van der Waals surface area contributed by atoms with E-state index in [9.17, 15) is 4.79 Å². The number of aromatic nitrogens is 1. The first kappa shape index (κ1) is 17.5. The lowest BCUT2D eigenvalue weighted by molar-refractivity contribution is 0.104. The largest absolute Gasteiger partial charge is 0.497 e. The summed E-state index contributed by atoms with van der Waals surface area (Å²) in [5.41, 5.74) is 7.93. The zero-order valence-corrected chi connectivity index (χ0v) is 15.0. The third-order valence-electron chi connectivity index (χ3n) is 4.25. The monoisotopic (exact) mass is 356 g/mol. The van der Waals surface area contributed by atoms with E-state index < -0.39 is 0 Å². The Hall–Kier alpha value is -3.35. The molecule has 0 fully saturated rings. The molecule has 0 unspecified atom stereocenters. The predicted molar refractivity (Wildman–Crippen MR) is 98.8 cm³/mol. The number of carbonyl (C=O) groups is 1. The van der Waals surface area contributed by atoms with E-state index in [2.05, 4.69) is 4.98 Å². The van der Waals surface area contributed by atoms with Crippen LogP contribution in [0.25, 0.3) is 10.9 Å². The van der Waals surface area contributed by atoms with Gasteiger partial charge in [0, 0.05) is 28.7 Å². The van der Waals surface area contributed by atoms with Gasteiger partial charge in [0.15, 0.2) is 17.3 Å². The van der Waals surface area contributed by atoms with Gasteiger partial charge in [-0.2, -0.15) is 0 Å². The predicted octanol–water partition coefficient (Wildman–Crippen LogP) is 3.02. The first-order chi connectivity index (χ1) is 12.5. The Balaban J connectivity index is 2.16. The number of H-pyrrole nitrogens is 1. The van der Waals surface area contributed by atoms with Crippen LogP contribution in [0.1, 0.15) is 15.9 Å². The van der Waals surface area contributed by atoms with Crippen LogP contribution in [0.4, 0.5) is 5.69 Å². The van der Waals surface area contributed by atoms with E-state index in [0.717, 1.165) is 10.9 Å². The number of ketones is 1. The van der Waals surface area contributed by atoms with Crippen molar-refractivity contribution in [3.05, 3.63) is 41.6 Å². The number of nitrogen functional groups attached to an aromatic ring is 1. The molecule has 0 bridgehead atoms. The second kappa shape index (κ2) is 6.87. The van der Waals surface area contributed by atoms with Crippen molar-refractivity contribution in [2.24, 2.45) is 0 Å². The standard InChI is InChI=1S/C19H20N2O5/c1-23-10-5-6-11-13(9-21-14(11)7-10)17(22)12-8-15(24-2)18(25-3)19(26-4)16(12)20/h5-9,21H,20H2,1-4H3. The average molecular weight is 356 g/mol. The zero-order chi connectivity index (χ0) is 18.8. The van der Waals surface area contributed by atoms with Gasteiger partial charge in [-0.3, -0.25) is 4.79 Å². The van der Waals surface area contributed by atoms with Crippen molar-refractivity contribution in [1.29, 1.82) is 0 Å². The van der Waals surface area contributed by atoms with Gasteiger partial charge < -0.3 is 29.7 Å². The van der Waals surface area contributed by atoms with Crippen LogP contribution in [0, 0.1) is 0 Å². The SMILES string of the molecule is COc1ccc2c(C(=O)c3cc(OC)c(OC)c(OC)c3N)c[nH]c2c1. The molecule has 7 nitrogen and oxygen atoms in total. The van der Waals surface area contributed by atoms with Gasteiger partial charge in [0.2, 0.25) is 5.75 Å². The van der Waals surface area contributed by atoms with Crippen LogP contribution >= 0.6 is 0 Å². The second-order valence-corrected chi connectivity index (χ2v) is 5.55. The smallest absolute Gasteiger partial charge is 0.205 e. The molecule has 7 heteroatoms. The molecule has 0 aliphatic carbocycles.